The zero-order valence-electron chi connectivity index (χ0n) is 38.5. The van der Waals surface area contributed by atoms with Crippen molar-refractivity contribution in [3.8, 4) is 0 Å². The summed E-state index contributed by atoms with van der Waals surface area (Å²) in [5.41, 5.74) is 4.59. The number of hydrogen-bond acceptors (Lipinski definition) is 18. The number of phosphoric acid groups is 4. The van der Waals surface area contributed by atoms with Crippen molar-refractivity contribution in [1.29, 1.82) is 0 Å². The molecule has 0 amide bonds. The molecule has 6 atom stereocenters. The number of hydrogen-bond donors (Lipinski definition) is 2. The maximum atomic E-state index is 15.2. The van der Waals surface area contributed by atoms with E-state index >= 15 is 18.3 Å². The first kappa shape index (κ1) is 52.5. The Morgan fingerprint density at radius 3 is 0.875 bits per heavy atom. The fourth-order valence-electron chi connectivity index (χ4n) is 7.81. The molecule has 0 spiro atoms. The molecule has 6 aromatic rings. The molecule has 22 heteroatoms. The molecule has 18 nitrogen and oxygen atoms in total. The highest BCUT2D eigenvalue weighted by Gasteiger charge is 2.61. The second-order valence-corrected chi connectivity index (χ2v) is 23.2. The van der Waals surface area contributed by atoms with Gasteiger partial charge in [0.05, 0.1) is 52.9 Å². The molecule has 0 radical (unpaired) electrons. The van der Waals surface area contributed by atoms with E-state index in [0.29, 0.717) is 44.5 Å². The van der Waals surface area contributed by atoms with Gasteiger partial charge in [-0.25, -0.2) is 18.3 Å². The van der Waals surface area contributed by atoms with Crippen LogP contribution >= 0.6 is 31.3 Å². The van der Waals surface area contributed by atoms with Gasteiger partial charge in [0, 0.05) is 0 Å². The van der Waals surface area contributed by atoms with E-state index in [1.54, 1.807) is 170 Å². The molecule has 9 rings (SSSR count). The second-order valence-electron chi connectivity index (χ2n) is 16.7. The van der Waals surface area contributed by atoms with Crippen LogP contribution in [-0.2, 0) is 125 Å². The lowest BCUT2D eigenvalue weighted by molar-refractivity contribution is -0.213. The van der Waals surface area contributed by atoms with E-state index in [4.69, 9.17) is 54.3 Å². The number of benzene rings is 6. The van der Waals surface area contributed by atoms with E-state index in [0.717, 1.165) is 0 Å². The van der Waals surface area contributed by atoms with Crippen LogP contribution in [0.25, 0.3) is 0 Å². The van der Waals surface area contributed by atoms with Gasteiger partial charge in [0.1, 0.15) is 36.6 Å². The maximum Gasteiger partial charge on any atom is 0.475 e. The van der Waals surface area contributed by atoms with Gasteiger partial charge in [-0.1, -0.05) is 170 Å². The highest BCUT2D eigenvalue weighted by molar-refractivity contribution is 7.49. The van der Waals surface area contributed by atoms with Crippen LogP contribution in [0.2, 0.25) is 0 Å². The number of aliphatic hydroxyl groups excluding tert-OH is 2. The fourth-order valence-corrected chi connectivity index (χ4v) is 13.2. The molecule has 0 aromatic heterocycles. The molecule has 3 aliphatic rings. The second kappa shape index (κ2) is 23.9. The lowest BCUT2D eigenvalue weighted by atomic mass is 9.85. The van der Waals surface area contributed by atoms with Crippen molar-refractivity contribution in [3.05, 3.63) is 214 Å². The summed E-state index contributed by atoms with van der Waals surface area (Å²) >= 11 is 0. The van der Waals surface area contributed by atoms with Crippen LogP contribution in [0.1, 0.15) is 44.5 Å². The minimum Gasteiger partial charge on any atom is -0.387 e. The molecule has 6 aromatic carbocycles. The van der Waals surface area contributed by atoms with Crippen LogP contribution in [0.5, 0.6) is 0 Å². The first-order chi connectivity index (χ1) is 34.9. The van der Waals surface area contributed by atoms with E-state index in [2.05, 4.69) is 0 Å². The van der Waals surface area contributed by atoms with Gasteiger partial charge >= 0.3 is 31.3 Å². The summed E-state index contributed by atoms with van der Waals surface area (Å²) in [6, 6.07) is 48.4. The van der Waals surface area contributed by atoms with Crippen molar-refractivity contribution < 1.29 is 82.8 Å². The Kier molecular flexibility index (Phi) is 17.4. The third kappa shape index (κ3) is 13.7. The molecule has 72 heavy (non-hydrogen) atoms. The van der Waals surface area contributed by atoms with Gasteiger partial charge in [0.25, 0.3) is 0 Å². The lowest BCUT2D eigenvalue weighted by Gasteiger charge is -2.47. The van der Waals surface area contributed by atoms with Crippen LogP contribution < -0.4 is 0 Å². The zero-order valence-corrected chi connectivity index (χ0v) is 42.1. The molecule has 0 unspecified atom stereocenters. The van der Waals surface area contributed by atoms with Crippen LogP contribution in [0.15, 0.2) is 170 Å². The van der Waals surface area contributed by atoms with Crippen molar-refractivity contribution >= 4 is 31.3 Å². The summed E-state index contributed by atoms with van der Waals surface area (Å²) in [7, 11) is -19.8. The van der Waals surface area contributed by atoms with Crippen LogP contribution in [0.3, 0.4) is 0 Å². The van der Waals surface area contributed by atoms with Gasteiger partial charge in [-0.15, -0.1) is 0 Å². The van der Waals surface area contributed by atoms with Gasteiger partial charge in [0.2, 0.25) is 0 Å². The van der Waals surface area contributed by atoms with Crippen molar-refractivity contribution in [3.63, 3.8) is 0 Å². The minimum absolute atomic E-state index is 0.306. The van der Waals surface area contributed by atoms with E-state index in [1.165, 1.54) is 0 Å². The quantitative estimate of drug-likeness (QED) is 0.0679. The Hall–Kier alpha value is -4.32. The zero-order chi connectivity index (χ0) is 50.0. The third-order valence-corrected chi connectivity index (χ3v) is 17.2. The smallest absolute Gasteiger partial charge is 0.387 e. The molecular formula is C50H52O18P4. The minimum atomic E-state index is -4.99. The maximum absolute atomic E-state index is 15.2. The van der Waals surface area contributed by atoms with E-state index in [1.807, 2.05) is 0 Å². The highest BCUT2D eigenvalue weighted by atomic mass is 31.2. The Morgan fingerprint density at radius 2 is 0.625 bits per heavy atom. The van der Waals surface area contributed by atoms with E-state index in [-0.39, 0.29) is 52.9 Å². The summed E-state index contributed by atoms with van der Waals surface area (Å²) in [6.45, 7) is -2.62. The highest BCUT2D eigenvalue weighted by Crippen LogP contribution is 2.63. The van der Waals surface area contributed by atoms with Crippen molar-refractivity contribution in [2.45, 2.75) is 89.5 Å². The molecule has 1 aliphatic carbocycles. The van der Waals surface area contributed by atoms with Crippen molar-refractivity contribution in [2.24, 2.45) is 0 Å². The number of rotatable bonds is 20. The number of fused-ring (bicyclic) bond motifs is 2. The Bertz CT molecular complexity index is 2550. The van der Waals surface area contributed by atoms with E-state index < -0.39 is 67.9 Å². The van der Waals surface area contributed by atoms with Gasteiger partial charge in [-0.2, -0.15) is 0 Å². The van der Waals surface area contributed by atoms with Gasteiger partial charge < -0.3 is 10.2 Å². The molecule has 2 aliphatic heterocycles. The van der Waals surface area contributed by atoms with Crippen molar-refractivity contribution in [2.75, 3.05) is 0 Å². The largest absolute Gasteiger partial charge is 0.475 e. The predicted molar refractivity (Wildman–Crippen MR) is 259 cm³/mol. The average Bonchev–Trinajstić information content (AvgIpc) is 3.70. The molecule has 0 saturated heterocycles. The third-order valence-electron chi connectivity index (χ3n) is 11.7. The Balaban J connectivity index is 1.13. The monoisotopic (exact) mass is 1060 g/mol. The fraction of sp³-hybridized carbons (Fsp3) is 0.280. The summed E-state index contributed by atoms with van der Waals surface area (Å²) < 4.78 is 133. The summed E-state index contributed by atoms with van der Waals surface area (Å²) in [5.74, 6) is 0. The SMILES string of the molecule is O=P1(O[C@@H]2[C@@H](OP3(=O)OCc4ccccc4CO3)[C@H](OP(=O)(OCc3ccccc3)OCc3ccccc3)[C@@H](O)[C@@H](O)[C@H]2OP(=O)(OCc2ccccc2)OCc2ccccc2)OCc2ccccc2CO1. The number of aliphatic hydroxyl groups is 2. The average molecular weight is 1060 g/mol. The van der Waals surface area contributed by atoms with Crippen LogP contribution in [0.4, 0.5) is 0 Å². The van der Waals surface area contributed by atoms with Gasteiger partial charge in [-0.3, -0.25) is 54.3 Å². The standard InChI is InChI=1S/C50H52O18P4/c51-45-46(52)48(66-70(54,59-31-39-21-9-3-10-22-39)60-32-40-23-11-4-12-24-40)50(68-72(56)63-35-43-27-15-16-28-44(43)36-64-72)49(67-71(55)61-33-41-25-13-14-26-42(41)34-62-71)47(45)65-69(53,57-29-37-17-5-1-6-18-37)58-30-38-19-7-2-8-20-38/h1-28,45-52H,29-36H2/t45-,46+,47-,48-,49+,50+/m1/s1. The van der Waals surface area contributed by atoms with Gasteiger partial charge in [0.15, 0.2) is 0 Å². The normalized spacial score (nSPS) is 23.0. The first-order valence-corrected chi connectivity index (χ1v) is 28.7. The van der Waals surface area contributed by atoms with Crippen LogP contribution in [-0.4, -0.2) is 46.8 Å². The van der Waals surface area contributed by atoms with Crippen LogP contribution in [0, 0.1) is 0 Å². The number of phosphoric ester groups is 4. The topological polar surface area (TPSA) is 219 Å². The molecule has 0 bridgehead atoms. The molecule has 2 heterocycles. The van der Waals surface area contributed by atoms with Crippen molar-refractivity contribution in [1.82, 2.24) is 0 Å². The molecule has 1 fully saturated rings. The molecule has 380 valence electrons. The van der Waals surface area contributed by atoms with Gasteiger partial charge in [-0.05, 0) is 44.5 Å². The Morgan fingerprint density at radius 1 is 0.389 bits per heavy atom. The molecule has 1 saturated carbocycles. The summed E-state index contributed by atoms with van der Waals surface area (Å²) in [5, 5.41) is 24.8. The predicted octanol–water partition coefficient (Wildman–Crippen LogP) is 11.1. The van der Waals surface area contributed by atoms with E-state index in [9.17, 15) is 10.2 Å². The first-order valence-electron chi connectivity index (χ1n) is 22.8. The lowest BCUT2D eigenvalue weighted by Crippen LogP contribution is -2.65. The molecule has 2 N–H and O–H groups in total. The molecular weight excluding hydrogens is 1010 g/mol. The summed E-state index contributed by atoms with van der Waals surface area (Å²) in [4.78, 5) is 0. The summed E-state index contributed by atoms with van der Waals surface area (Å²) in [6.07, 6.45) is -13.4. The Labute approximate surface area is 416 Å².